The molecule has 17 N–H and O–H groups in total. The zero-order chi connectivity index (χ0) is 61.9. The van der Waals surface area contributed by atoms with Gasteiger partial charge in [-0.2, -0.15) is 0 Å². The number of carbonyl (C=O) groups is 2. The molecule has 3 aliphatic rings. The summed E-state index contributed by atoms with van der Waals surface area (Å²) in [5.74, 6) is -4.02. The molecule has 21 nitrogen and oxygen atoms in total. The zero-order valence-electron chi connectivity index (χ0n) is 50.0. The molecule has 3 heterocycles. The van der Waals surface area contributed by atoms with E-state index in [9.17, 15) is 50.4 Å². The predicted octanol–water partition coefficient (Wildman–Crippen LogP) is 3.44. The minimum absolute atomic E-state index is 0.0193. The van der Waals surface area contributed by atoms with E-state index in [0.717, 1.165) is 26.4 Å². The van der Waals surface area contributed by atoms with Crippen LogP contribution in [0.25, 0.3) is 0 Å². The van der Waals surface area contributed by atoms with Gasteiger partial charge in [0.05, 0.1) is 80.7 Å². The fourth-order valence-electron chi connectivity index (χ4n) is 7.83. The molecule has 0 aromatic rings. The first-order valence-corrected chi connectivity index (χ1v) is 28.5. The van der Waals surface area contributed by atoms with Gasteiger partial charge in [-0.15, -0.1) is 0 Å². The molecule has 0 bridgehead atoms. The minimum atomic E-state index is -1.91. The number of esters is 1. The van der Waals surface area contributed by atoms with E-state index in [2.05, 4.69) is 5.73 Å². The summed E-state index contributed by atoms with van der Waals surface area (Å²) in [6, 6.07) is 0. The van der Waals surface area contributed by atoms with E-state index in [1.54, 1.807) is 32.0 Å². The van der Waals surface area contributed by atoms with Gasteiger partial charge in [-0.1, -0.05) is 114 Å². The van der Waals surface area contributed by atoms with Crippen molar-refractivity contribution in [3.8, 4) is 0 Å². The molecule has 22 heteroatoms. The number of amides is 1. The molecule has 15 atom stereocenters. The number of nitrogens with two attached hydrogens (primary N) is 3. The van der Waals surface area contributed by atoms with Crippen LogP contribution >= 0.6 is 0 Å². The largest absolute Gasteiger partial charge is 0.465 e. The van der Waals surface area contributed by atoms with Crippen molar-refractivity contribution in [3.63, 3.8) is 0 Å². The van der Waals surface area contributed by atoms with E-state index in [-0.39, 0.29) is 70.0 Å². The number of rotatable bonds is 4. The molecule has 2 saturated heterocycles. The predicted molar refractivity (Wildman–Crippen MR) is 314 cm³/mol. The lowest BCUT2D eigenvalue weighted by atomic mass is 9.90. The van der Waals surface area contributed by atoms with Crippen LogP contribution in [0.3, 0.4) is 0 Å². The molecular weight excluding hydrogens is 1040 g/mol. The molecule has 12 unspecified atom stereocenters. The van der Waals surface area contributed by atoms with Gasteiger partial charge in [0.1, 0.15) is 6.10 Å². The molecule has 0 saturated carbocycles. The summed E-state index contributed by atoms with van der Waals surface area (Å²) < 4.78 is 27.5. The SMILES string of the molecule is CC.CC.CN.CO.COC1(O)CCC(C(N)=O)CCC(O)/C=C/C=C/C=C/C=C/CC/C=C/C=C/[C@H](C)C(OC2OCCCC2O)CCOC(=O)CC(O)CC(O)CC(O)CCC(O)C(O)C1.C[B]N.C[C@H]1OC[C@@H](O)CC1O. The van der Waals surface area contributed by atoms with Crippen molar-refractivity contribution < 1.29 is 89.4 Å². The summed E-state index contributed by atoms with van der Waals surface area (Å²) in [5, 5.41) is 110. The summed E-state index contributed by atoms with van der Waals surface area (Å²) in [4.78, 5) is 24.8. The highest BCUT2D eigenvalue weighted by Crippen LogP contribution is 2.28. The average Bonchev–Trinajstić information content (AvgIpc) is 3.43. The first-order valence-electron chi connectivity index (χ1n) is 28.5. The number of methoxy groups -OCH3 is 1. The van der Waals surface area contributed by atoms with Gasteiger partial charge in [0, 0.05) is 58.3 Å². The first kappa shape index (κ1) is 83.2. The number of hydrogen-bond acceptors (Lipinski definition) is 20. The van der Waals surface area contributed by atoms with Crippen molar-refractivity contribution in [2.75, 3.05) is 41.1 Å². The Morgan fingerprint density at radius 2 is 1.23 bits per heavy atom. The van der Waals surface area contributed by atoms with E-state index < -0.39 is 104 Å². The molecule has 1 amide bonds. The fraction of sp³-hybridized carbons (Fsp3) is 0.759. The fourth-order valence-corrected chi connectivity index (χ4v) is 7.83. The number of cyclic esters (lactones) is 1. The summed E-state index contributed by atoms with van der Waals surface area (Å²) in [7, 11) is 5.23. The maximum absolute atomic E-state index is 12.6. The van der Waals surface area contributed by atoms with Gasteiger partial charge in [0.25, 0.3) is 0 Å². The molecule has 3 aliphatic heterocycles. The molecule has 0 spiro atoms. The molecule has 469 valence electrons. The van der Waals surface area contributed by atoms with Gasteiger partial charge in [-0.05, 0) is 84.6 Å². The van der Waals surface area contributed by atoms with Crippen LogP contribution in [0.1, 0.15) is 144 Å². The van der Waals surface area contributed by atoms with E-state index in [0.29, 0.717) is 32.5 Å². The Labute approximate surface area is 480 Å². The van der Waals surface area contributed by atoms with Crippen LogP contribution in [0.15, 0.2) is 72.9 Å². The highest BCUT2D eigenvalue weighted by Gasteiger charge is 2.35. The van der Waals surface area contributed by atoms with E-state index >= 15 is 0 Å². The van der Waals surface area contributed by atoms with Crippen molar-refractivity contribution >= 4 is 19.3 Å². The van der Waals surface area contributed by atoms with E-state index in [1.807, 2.05) is 89.3 Å². The molecule has 1 radical (unpaired) electrons. The van der Waals surface area contributed by atoms with Crippen molar-refractivity contribution in [3.05, 3.63) is 72.9 Å². The monoisotopic (exact) mass is 1150 g/mol. The van der Waals surface area contributed by atoms with Gasteiger partial charge in [0.15, 0.2) is 19.5 Å². The molecular formula is C58H111BN3O18. The van der Waals surface area contributed by atoms with Crippen LogP contribution in [-0.4, -0.2) is 196 Å². The lowest BCUT2D eigenvalue weighted by Gasteiger charge is -2.33. The number of hydrogen-bond donors (Lipinski definition) is 14. The van der Waals surface area contributed by atoms with Crippen LogP contribution in [0, 0.1) is 11.8 Å². The molecule has 80 heavy (non-hydrogen) atoms. The number of carbonyl (C=O) groups excluding carboxylic acids is 2. The lowest BCUT2D eigenvalue weighted by Crippen LogP contribution is -2.41. The van der Waals surface area contributed by atoms with Crippen molar-refractivity contribution in [2.45, 2.75) is 230 Å². The molecule has 0 aromatic heterocycles. The Morgan fingerprint density at radius 3 is 1.79 bits per heavy atom. The third-order valence-electron chi connectivity index (χ3n) is 12.3. The third kappa shape index (κ3) is 44.4. The standard InChI is InChI=1S/C45H73NO14.C6H12O3.2C2H6.CH5BN.CH5N.CH4O/c1-32-16-13-11-9-7-5-3-4-6-8-10-12-14-17-34(47)20-19-33(43(46)55)23-25-45(56,57-2)31-40(53)38(51)22-21-35(48)28-36(49)29-37(50)30-42(54)58-27-24-41(32)60-44-39(52)18-15-26-59-44;1-4-6(8)2-5(7)3-9-4;2*1-2;1-2-3;2*1-2/h3-4,6,8-14,16-17,32-41,44,47-53,56H,5,7,15,18-31H2,1-2H3,(H2,46,55);4-8H,2-3H2,1H3;2*1-2H3;3H2,1H3;2H2,1H3;2H,1H3/b4-3+,8-6+,11-9+,12-10+,16-13+,17-14+;;;;;;/t32-,33?,34?,35?,36?,37?,38?,39?,40?,41?,44?,45?;4-,5+,6?;;;;;/m01...../s1. The number of aliphatic hydroxyl groups is 11. The zero-order valence-corrected chi connectivity index (χ0v) is 50.0. The lowest BCUT2D eigenvalue weighted by molar-refractivity contribution is -0.240. The highest BCUT2D eigenvalue weighted by atomic mass is 16.7. The highest BCUT2D eigenvalue weighted by molar-refractivity contribution is 6.28. The Hall–Kier alpha value is -3.24. The Balaban J connectivity index is -0.00000124. The van der Waals surface area contributed by atoms with E-state index in [1.165, 1.54) is 21.6 Å². The maximum atomic E-state index is 12.6. The van der Waals surface area contributed by atoms with Crippen LogP contribution < -0.4 is 17.1 Å². The smallest absolute Gasteiger partial charge is 0.308 e. The number of allylic oxidation sites excluding steroid dienone is 10. The number of aliphatic hydroxyl groups excluding tert-OH is 10. The first-order chi connectivity index (χ1) is 38.2. The molecule has 0 aliphatic carbocycles. The van der Waals surface area contributed by atoms with Gasteiger partial charge < -0.3 is 97.0 Å². The number of primary amides is 1. The van der Waals surface area contributed by atoms with E-state index in [4.69, 9.17) is 50.4 Å². The van der Waals surface area contributed by atoms with Crippen LogP contribution in [0.2, 0.25) is 6.82 Å². The normalized spacial score (nSPS) is 34.6. The van der Waals surface area contributed by atoms with Gasteiger partial charge >= 0.3 is 5.97 Å². The van der Waals surface area contributed by atoms with Crippen LogP contribution in [-0.2, 0) is 33.3 Å². The summed E-state index contributed by atoms with van der Waals surface area (Å²) in [5.41, 5.74) is 14.8. The van der Waals surface area contributed by atoms with Gasteiger partial charge in [-0.25, -0.2) is 0 Å². The van der Waals surface area contributed by atoms with Crippen molar-refractivity contribution in [2.24, 2.45) is 28.9 Å². The van der Waals surface area contributed by atoms with Gasteiger partial charge in [0.2, 0.25) is 5.91 Å². The Bertz CT molecular complexity index is 1630. The molecule has 3 rings (SSSR count). The molecule has 0 aromatic carbocycles. The maximum Gasteiger partial charge on any atom is 0.308 e. The summed E-state index contributed by atoms with van der Waals surface area (Å²) in [6.07, 6.45) is 15.0. The van der Waals surface area contributed by atoms with Crippen LogP contribution in [0.5, 0.6) is 0 Å². The number of ether oxygens (including phenoxy) is 5. The molecule has 2 fully saturated rings. The van der Waals surface area contributed by atoms with Crippen LogP contribution in [0.4, 0.5) is 0 Å². The second-order valence-electron chi connectivity index (χ2n) is 18.8. The quantitative estimate of drug-likeness (QED) is 0.109. The third-order valence-corrected chi connectivity index (χ3v) is 12.3. The average molecular weight is 1150 g/mol. The van der Waals surface area contributed by atoms with Crippen molar-refractivity contribution in [1.29, 1.82) is 0 Å². The van der Waals surface area contributed by atoms with Gasteiger partial charge in [-0.3, -0.25) is 9.59 Å². The minimum Gasteiger partial charge on any atom is -0.465 e. The summed E-state index contributed by atoms with van der Waals surface area (Å²) >= 11 is 0. The second kappa shape index (κ2) is 55.0. The topological polar surface area (TPSA) is 381 Å². The Kier molecular flexibility index (Phi) is 57.2. The Morgan fingerprint density at radius 1 is 0.662 bits per heavy atom. The summed E-state index contributed by atoms with van der Waals surface area (Å²) in [6.45, 7) is 14.3. The second-order valence-corrected chi connectivity index (χ2v) is 18.8. The van der Waals surface area contributed by atoms with Crippen molar-refractivity contribution in [1.82, 2.24) is 0 Å².